The van der Waals surface area contributed by atoms with Gasteiger partial charge in [-0.2, -0.15) is 0 Å². The highest BCUT2D eigenvalue weighted by molar-refractivity contribution is 5.71. The Kier molecular flexibility index (Phi) is 50.9. The fraction of sp³-hybridized carbons (Fsp3) is 0.683. The molecule has 0 fully saturated rings. The molecule has 0 bridgehead atoms. The molecule has 0 saturated heterocycles. The van der Waals surface area contributed by atoms with Crippen molar-refractivity contribution >= 4 is 17.9 Å². The molecular formula is C60H100O6. The van der Waals surface area contributed by atoms with E-state index in [4.69, 9.17) is 14.2 Å². The Balaban J connectivity index is 4.29. The minimum atomic E-state index is -0.793. The predicted octanol–water partition coefficient (Wildman–Crippen LogP) is 18.1. The lowest BCUT2D eigenvalue weighted by Crippen LogP contribution is -2.30. The largest absolute Gasteiger partial charge is 0.462 e. The van der Waals surface area contributed by atoms with E-state index in [1.807, 2.05) is 0 Å². The van der Waals surface area contributed by atoms with Crippen LogP contribution in [0.2, 0.25) is 0 Å². The molecule has 0 aliphatic carbocycles. The molecule has 1 atom stereocenters. The molecule has 0 heterocycles. The third kappa shape index (κ3) is 51.3. The van der Waals surface area contributed by atoms with Crippen LogP contribution in [0.5, 0.6) is 0 Å². The molecule has 0 aliphatic heterocycles. The fourth-order valence-electron chi connectivity index (χ4n) is 7.31. The van der Waals surface area contributed by atoms with Gasteiger partial charge in [-0.15, -0.1) is 0 Å². The van der Waals surface area contributed by atoms with Gasteiger partial charge in [0.15, 0.2) is 6.10 Å². The molecule has 0 saturated carbocycles. The Hall–Kier alpha value is -3.67. The van der Waals surface area contributed by atoms with Crippen molar-refractivity contribution in [3.05, 3.63) is 97.2 Å². The molecule has 0 aromatic rings. The highest BCUT2D eigenvalue weighted by Crippen LogP contribution is 2.14. The highest BCUT2D eigenvalue weighted by atomic mass is 16.6. The first-order valence-electron chi connectivity index (χ1n) is 27.2. The minimum Gasteiger partial charge on any atom is -0.462 e. The van der Waals surface area contributed by atoms with Gasteiger partial charge in [0, 0.05) is 19.3 Å². The summed E-state index contributed by atoms with van der Waals surface area (Å²) in [5.41, 5.74) is 0. The second-order valence-electron chi connectivity index (χ2n) is 17.7. The number of rotatable bonds is 48. The van der Waals surface area contributed by atoms with Gasteiger partial charge in [-0.3, -0.25) is 14.4 Å². The summed E-state index contributed by atoms with van der Waals surface area (Å²) >= 11 is 0. The van der Waals surface area contributed by atoms with Crippen LogP contribution in [0.1, 0.15) is 245 Å². The number of carbonyl (C=O) groups is 3. The van der Waals surface area contributed by atoms with E-state index in [0.717, 1.165) is 122 Å². The van der Waals surface area contributed by atoms with Gasteiger partial charge in [-0.25, -0.2) is 0 Å². The van der Waals surface area contributed by atoms with Crippen LogP contribution in [0.4, 0.5) is 0 Å². The summed E-state index contributed by atoms with van der Waals surface area (Å²) in [4.78, 5) is 38.0. The van der Waals surface area contributed by atoms with E-state index in [2.05, 4.69) is 118 Å². The molecule has 0 aromatic heterocycles. The third-order valence-electron chi connectivity index (χ3n) is 11.3. The summed E-state index contributed by atoms with van der Waals surface area (Å²) in [6, 6.07) is 0. The first-order valence-corrected chi connectivity index (χ1v) is 27.2. The van der Waals surface area contributed by atoms with Gasteiger partial charge in [0.1, 0.15) is 13.2 Å². The zero-order valence-corrected chi connectivity index (χ0v) is 42.9. The van der Waals surface area contributed by atoms with Crippen molar-refractivity contribution in [2.45, 2.75) is 252 Å². The van der Waals surface area contributed by atoms with E-state index >= 15 is 0 Å². The van der Waals surface area contributed by atoms with E-state index < -0.39 is 6.10 Å². The van der Waals surface area contributed by atoms with Crippen molar-refractivity contribution in [1.29, 1.82) is 0 Å². The standard InChI is InChI=1S/C60H100O6/c1-4-7-10-13-16-19-22-24-25-26-27-28-29-30-31-32-33-34-35-37-38-41-44-47-50-53-59(62)65-56-57(55-64-58(61)52-49-46-43-40-21-18-15-12-9-6-3)66-60(63)54-51-48-45-42-39-36-23-20-17-14-11-8-5-2/h7-8,10-11,16-17,19-20,24-25,27-28,30-31,36,39,57H,4-6,9,12-15,18,21-23,26,29,32-35,37-38,40-56H2,1-3H3/b10-7-,11-8-,19-16-,20-17-,25-24-,28-27-,31-30-,39-36-. The Labute approximate surface area is 407 Å². The highest BCUT2D eigenvalue weighted by Gasteiger charge is 2.19. The van der Waals surface area contributed by atoms with E-state index in [1.165, 1.54) is 83.5 Å². The molecule has 376 valence electrons. The maximum atomic E-state index is 12.8. The number of ether oxygens (including phenoxy) is 3. The normalized spacial score (nSPS) is 12.8. The van der Waals surface area contributed by atoms with Gasteiger partial charge < -0.3 is 14.2 Å². The van der Waals surface area contributed by atoms with Gasteiger partial charge >= 0.3 is 17.9 Å². The summed E-state index contributed by atoms with van der Waals surface area (Å²) in [6.07, 6.45) is 71.2. The summed E-state index contributed by atoms with van der Waals surface area (Å²) in [5.74, 6) is -0.929. The molecule has 0 amide bonds. The van der Waals surface area contributed by atoms with Gasteiger partial charge in [-0.05, 0) is 96.3 Å². The van der Waals surface area contributed by atoms with Crippen LogP contribution in [-0.2, 0) is 28.6 Å². The smallest absolute Gasteiger partial charge is 0.306 e. The van der Waals surface area contributed by atoms with Crippen LogP contribution >= 0.6 is 0 Å². The monoisotopic (exact) mass is 917 g/mol. The molecular weight excluding hydrogens is 817 g/mol. The first kappa shape index (κ1) is 62.3. The van der Waals surface area contributed by atoms with Crippen LogP contribution in [0.25, 0.3) is 0 Å². The van der Waals surface area contributed by atoms with Crippen molar-refractivity contribution in [1.82, 2.24) is 0 Å². The third-order valence-corrected chi connectivity index (χ3v) is 11.3. The van der Waals surface area contributed by atoms with Crippen LogP contribution in [0, 0.1) is 0 Å². The zero-order valence-electron chi connectivity index (χ0n) is 42.9. The average Bonchev–Trinajstić information content (AvgIpc) is 3.31. The van der Waals surface area contributed by atoms with Crippen molar-refractivity contribution in [2.75, 3.05) is 13.2 Å². The fourth-order valence-corrected chi connectivity index (χ4v) is 7.31. The summed E-state index contributed by atoms with van der Waals surface area (Å²) in [7, 11) is 0. The quantitative estimate of drug-likeness (QED) is 0.0262. The van der Waals surface area contributed by atoms with Crippen molar-refractivity contribution in [3.63, 3.8) is 0 Å². The lowest BCUT2D eigenvalue weighted by Gasteiger charge is -2.18. The van der Waals surface area contributed by atoms with E-state index in [1.54, 1.807) is 0 Å². The Morgan fingerprint density at radius 1 is 0.318 bits per heavy atom. The second kappa shape index (κ2) is 53.9. The molecule has 1 unspecified atom stereocenters. The molecule has 0 N–H and O–H groups in total. The van der Waals surface area contributed by atoms with Crippen molar-refractivity contribution in [2.24, 2.45) is 0 Å². The Morgan fingerprint density at radius 2 is 0.591 bits per heavy atom. The molecule has 6 nitrogen and oxygen atoms in total. The molecule has 66 heavy (non-hydrogen) atoms. The zero-order chi connectivity index (χ0) is 47.9. The molecule has 6 heteroatoms. The first-order chi connectivity index (χ1) is 32.5. The number of hydrogen-bond donors (Lipinski definition) is 0. The maximum Gasteiger partial charge on any atom is 0.306 e. The molecule has 0 radical (unpaired) electrons. The van der Waals surface area contributed by atoms with E-state index in [0.29, 0.717) is 19.3 Å². The van der Waals surface area contributed by atoms with Gasteiger partial charge in [0.25, 0.3) is 0 Å². The Morgan fingerprint density at radius 3 is 0.939 bits per heavy atom. The molecule has 0 rings (SSSR count). The topological polar surface area (TPSA) is 78.9 Å². The van der Waals surface area contributed by atoms with Gasteiger partial charge in [0.05, 0.1) is 0 Å². The molecule has 0 aromatic carbocycles. The summed E-state index contributed by atoms with van der Waals surface area (Å²) in [6.45, 7) is 6.36. The average molecular weight is 917 g/mol. The Bertz CT molecular complexity index is 1330. The summed E-state index contributed by atoms with van der Waals surface area (Å²) < 4.78 is 16.8. The van der Waals surface area contributed by atoms with Crippen LogP contribution in [0.3, 0.4) is 0 Å². The van der Waals surface area contributed by atoms with E-state index in [9.17, 15) is 14.4 Å². The van der Waals surface area contributed by atoms with Crippen molar-refractivity contribution in [3.8, 4) is 0 Å². The molecule has 0 aliphatic rings. The van der Waals surface area contributed by atoms with Crippen LogP contribution < -0.4 is 0 Å². The predicted molar refractivity (Wildman–Crippen MR) is 284 cm³/mol. The number of hydrogen-bond acceptors (Lipinski definition) is 6. The lowest BCUT2D eigenvalue weighted by molar-refractivity contribution is -0.167. The number of carbonyl (C=O) groups excluding carboxylic acids is 3. The summed E-state index contributed by atoms with van der Waals surface area (Å²) in [5, 5.41) is 0. The lowest BCUT2D eigenvalue weighted by atomic mass is 10.1. The SMILES string of the molecule is CC/C=C\C/C=C\C/C=C\C/C=C\C/C=C\CCCCCCCCCCCC(=O)OCC(COC(=O)CCCCCCCCCCCC)OC(=O)CCCCC/C=C\C/C=C\C/C=C\CC. The second-order valence-corrected chi connectivity index (χ2v) is 17.7. The number of unbranched alkanes of at least 4 members (excludes halogenated alkanes) is 21. The maximum absolute atomic E-state index is 12.8. The van der Waals surface area contributed by atoms with Crippen LogP contribution in [0.15, 0.2) is 97.2 Å². The van der Waals surface area contributed by atoms with Gasteiger partial charge in [0.2, 0.25) is 0 Å². The molecule has 0 spiro atoms. The number of esters is 3. The van der Waals surface area contributed by atoms with Crippen LogP contribution in [-0.4, -0.2) is 37.2 Å². The number of allylic oxidation sites excluding steroid dienone is 16. The van der Waals surface area contributed by atoms with Crippen molar-refractivity contribution < 1.29 is 28.6 Å². The van der Waals surface area contributed by atoms with Gasteiger partial charge in [-0.1, -0.05) is 227 Å². The van der Waals surface area contributed by atoms with E-state index in [-0.39, 0.29) is 31.1 Å². The minimum absolute atomic E-state index is 0.0902.